The van der Waals surface area contributed by atoms with Gasteiger partial charge >= 0.3 is 0 Å². The van der Waals surface area contributed by atoms with Gasteiger partial charge in [0.1, 0.15) is 11.6 Å². The van der Waals surface area contributed by atoms with Gasteiger partial charge in [0.2, 0.25) is 0 Å². The van der Waals surface area contributed by atoms with Gasteiger partial charge in [0.05, 0.1) is 11.7 Å². The SMILES string of the molecule is NC(Cc1ccn(C2CCCC2)n1)c1cc(F)cc(F)c1. The molecule has 1 unspecified atom stereocenters. The van der Waals surface area contributed by atoms with Gasteiger partial charge in [-0.2, -0.15) is 5.10 Å². The molecule has 0 bridgehead atoms. The highest BCUT2D eigenvalue weighted by Crippen LogP contribution is 2.29. The minimum atomic E-state index is -0.600. The van der Waals surface area contributed by atoms with Crippen molar-refractivity contribution in [3.63, 3.8) is 0 Å². The quantitative estimate of drug-likeness (QED) is 0.936. The maximum Gasteiger partial charge on any atom is 0.126 e. The van der Waals surface area contributed by atoms with E-state index in [-0.39, 0.29) is 0 Å². The molecular weight excluding hydrogens is 272 g/mol. The number of nitrogens with two attached hydrogens (primary N) is 1. The monoisotopic (exact) mass is 291 g/mol. The molecule has 1 aromatic carbocycles. The van der Waals surface area contributed by atoms with Crippen molar-refractivity contribution in [1.29, 1.82) is 0 Å². The van der Waals surface area contributed by atoms with Crippen LogP contribution in [0.3, 0.4) is 0 Å². The first-order chi connectivity index (χ1) is 10.1. The molecule has 112 valence electrons. The highest BCUT2D eigenvalue weighted by molar-refractivity contribution is 5.22. The van der Waals surface area contributed by atoms with Gasteiger partial charge in [-0.3, -0.25) is 4.68 Å². The minimum Gasteiger partial charge on any atom is -0.324 e. The maximum atomic E-state index is 13.2. The van der Waals surface area contributed by atoms with Crippen LogP contribution in [0.5, 0.6) is 0 Å². The number of halogens is 2. The molecule has 1 saturated carbocycles. The predicted octanol–water partition coefficient (Wildman–Crippen LogP) is 3.52. The minimum absolute atomic E-state index is 0.456. The largest absolute Gasteiger partial charge is 0.324 e. The molecule has 5 heteroatoms. The van der Waals surface area contributed by atoms with Crippen LogP contribution in [0.1, 0.15) is 49.0 Å². The van der Waals surface area contributed by atoms with E-state index < -0.39 is 17.7 Å². The summed E-state index contributed by atoms with van der Waals surface area (Å²) in [6.45, 7) is 0. The molecule has 1 aliphatic rings. The van der Waals surface area contributed by atoms with Crippen LogP contribution in [-0.4, -0.2) is 9.78 Å². The molecule has 1 aromatic heterocycles. The maximum absolute atomic E-state index is 13.2. The third kappa shape index (κ3) is 3.29. The van der Waals surface area contributed by atoms with Crippen molar-refractivity contribution in [3.8, 4) is 0 Å². The Labute approximate surface area is 122 Å². The summed E-state index contributed by atoms with van der Waals surface area (Å²) in [5.74, 6) is -1.20. The van der Waals surface area contributed by atoms with Crippen molar-refractivity contribution in [2.24, 2.45) is 5.73 Å². The first-order valence-electron chi connectivity index (χ1n) is 7.37. The zero-order valence-electron chi connectivity index (χ0n) is 11.8. The summed E-state index contributed by atoms with van der Waals surface area (Å²) in [5.41, 5.74) is 7.37. The molecular formula is C16H19F2N3. The molecule has 3 nitrogen and oxygen atoms in total. The van der Waals surface area contributed by atoms with Crippen LogP contribution in [0.25, 0.3) is 0 Å². The van der Waals surface area contributed by atoms with E-state index in [1.54, 1.807) is 0 Å². The van der Waals surface area contributed by atoms with E-state index in [1.165, 1.54) is 37.8 Å². The summed E-state index contributed by atoms with van der Waals surface area (Å²) in [4.78, 5) is 0. The lowest BCUT2D eigenvalue weighted by atomic mass is 10.0. The van der Waals surface area contributed by atoms with Crippen LogP contribution in [0.15, 0.2) is 30.5 Å². The second-order valence-corrected chi connectivity index (χ2v) is 5.74. The van der Waals surface area contributed by atoms with Crippen LogP contribution in [0.4, 0.5) is 8.78 Å². The average molecular weight is 291 g/mol. The number of nitrogens with zero attached hydrogens (tertiary/aromatic N) is 2. The van der Waals surface area contributed by atoms with E-state index in [0.717, 1.165) is 11.8 Å². The van der Waals surface area contributed by atoms with Crippen molar-refractivity contribution in [2.75, 3.05) is 0 Å². The highest BCUT2D eigenvalue weighted by Gasteiger charge is 2.18. The van der Waals surface area contributed by atoms with E-state index in [4.69, 9.17) is 5.73 Å². The zero-order valence-corrected chi connectivity index (χ0v) is 11.8. The standard InChI is InChI=1S/C16H19F2N3/c17-12-7-11(8-13(18)9-12)16(19)10-14-5-6-21(20-14)15-3-1-2-4-15/h5-9,15-16H,1-4,10,19H2. The third-order valence-corrected chi connectivity index (χ3v) is 4.10. The van der Waals surface area contributed by atoms with Gasteiger partial charge in [-0.25, -0.2) is 8.78 Å². The third-order valence-electron chi connectivity index (χ3n) is 4.10. The van der Waals surface area contributed by atoms with E-state index in [0.29, 0.717) is 18.0 Å². The van der Waals surface area contributed by atoms with Crippen molar-refractivity contribution >= 4 is 0 Å². The lowest BCUT2D eigenvalue weighted by Crippen LogP contribution is -2.15. The van der Waals surface area contributed by atoms with E-state index in [9.17, 15) is 8.78 Å². The number of hydrogen-bond donors (Lipinski definition) is 1. The molecule has 0 saturated heterocycles. The summed E-state index contributed by atoms with van der Waals surface area (Å²) in [7, 11) is 0. The topological polar surface area (TPSA) is 43.8 Å². The Morgan fingerprint density at radius 2 is 1.86 bits per heavy atom. The zero-order chi connectivity index (χ0) is 14.8. The molecule has 0 aliphatic heterocycles. The molecule has 0 radical (unpaired) electrons. The van der Waals surface area contributed by atoms with Crippen LogP contribution >= 0.6 is 0 Å². The molecule has 1 heterocycles. The van der Waals surface area contributed by atoms with Gasteiger partial charge in [0.25, 0.3) is 0 Å². The molecule has 2 aromatic rings. The van der Waals surface area contributed by atoms with Crippen LogP contribution in [0.2, 0.25) is 0 Å². The van der Waals surface area contributed by atoms with Crippen molar-refractivity contribution in [1.82, 2.24) is 9.78 Å². The highest BCUT2D eigenvalue weighted by atomic mass is 19.1. The molecule has 1 fully saturated rings. The second kappa shape index (κ2) is 5.93. The summed E-state index contributed by atoms with van der Waals surface area (Å²) in [6.07, 6.45) is 7.29. The van der Waals surface area contributed by atoms with Crippen LogP contribution in [0, 0.1) is 11.6 Å². The van der Waals surface area contributed by atoms with Crippen LogP contribution < -0.4 is 5.73 Å². The molecule has 2 N–H and O–H groups in total. The second-order valence-electron chi connectivity index (χ2n) is 5.74. The van der Waals surface area contributed by atoms with Crippen molar-refractivity contribution in [2.45, 2.75) is 44.2 Å². The molecule has 3 rings (SSSR count). The predicted molar refractivity (Wildman–Crippen MR) is 76.7 cm³/mol. The lowest BCUT2D eigenvalue weighted by Gasteiger charge is -2.12. The molecule has 0 amide bonds. The van der Waals surface area contributed by atoms with Gasteiger partial charge in [0.15, 0.2) is 0 Å². The van der Waals surface area contributed by atoms with Gasteiger partial charge in [-0.15, -0.1) is 0 Å². The first-order valence-corrected chi connectivity index (χ1v) is 7.37. The van der Waals surface area contributed by atoms with E-state index in [2.05, 4.69) is 5.10 Å². The Bertz CT molecular complexity index is 597. The molecule has 1 atom stereocenters. The Hall–Kier alpha value is -1.75. The summed E-state index contributed by atoms with van der Waals surface area (Å²) < 4.78 is 28.4. The summed E-state index contributed by atoms with van der Waals surface area (Å²) in [6, 6.07) is 5.38. The van der Waals surface area contributed by atoms with Gasteiger partial charge in [-0.1, -0.05) is 12.8 Å². The number of aromatic nitrogens is 2. The van der Waals surface area contributed by atoms with Gasteiger partial charge < -0.3 is 5.73 Å². The molecule has 0 spiro atoms. The number of hydrogen-bond acceptors (Lipinski definition) is 2. The van der Waals surface area contributed by atoms with E-state index in [1.807, 2.05) is 16.9 Å². The van der Waals surface area contributed by atoms with Gasteiger partial charge in [0, 0.05) is 24.7 Å². The smallest absolute Gasteiger partial charge is 0.126 e. The Morgan fingerprint density at radius 3 is 2.52 bits per heavy atom. The van der Waals surface area contributed by atoms with E-state index >= 15 is 0 Å². The fourth-order valence-corrected chi connectivity index (χ4v) is 2.99. The normalized spacial score (nSPS) is 17.3. The number of rotatable bonds is 4. The van der Waals surface area contributed by atoms with Gasteiger partial charge in [-0.05, 0) is 36.6 Å². The lowest BCUT2D eigenvalue weighted by molar-refractivity contribution is 0.461. The summed E-state index contributed by atoms with van der Waals surface area (Å²) >= 11 is 0. The molecule has 21 heavy (non-hydrogen) atoms. The fraction of sp³-hybridized carbons (Fsp3) is 0.438. The first kappa shape index (κ1) is 14.2. The Morgan fingerprint density at radius 1 is 1.19 bits per heavy atom. The Balaban J connectivity index is 1.70. The van der Waals surface area contributed by atoms with Crippen molar-refractivity contribution in [3.05, 3.63) is 53.4 Å². The summed E-state index contributed by atoms with van der Waals surface area (Å²) in [5, 5.41) is 4.55. The number of benzene rings is 1. The van der Waals surface area contributed by atoms with Crippen LogP contribution in [-0.2, 0) is 6.42 Å². The average Bonchev–Trinajstić information content (AvgIpc) is 3.07. The fourth-order valence-electron chi connectivity index (χ4n) is 2.99. The Kier molecular flexibility index (Phi) is 4.01. The van der Waals surface area contributed by atoms with Crippen molar-refractivity contribution < 1.29 is 8.78 Å². The molecule has 1 aliphatic carbocycles.